The molecule has 1 rings (SSSR count). The van der Waals surface area contributed by atoms with Gasteiger partial charge in [-0.1, -0.05) is 13.8 Å². The van der Waals surface area contributed by atoms with Crippen molar-refractivity contribution in [2.24, 2.45) is 11.7 Å². The van der Waals surface area contributed by atoms with Gasteiger partial charge in [0.25, 0.3) is 10.0 Å². The first-order valence-electron chi connectivity index (χ1n) is 5.64. The number of aryl methyl sites for hydroxylation is 1. The van der Waals surface area contributed by atoms with Crippen molar-refractivity contribution in [3.63, 3.8) is 0 Å². The fourth-order valence-electron chi connectivity index (χ4n) is 1.47. The Morgan fingerprint density at radius 2 is 2.28 bits per heavy atom. The standard InChI is InChI=1S/C10H19N5O2S/c1-4-15(6-7(2)10(11)12)18(16,17)9-5-13-8(3)14-9/h5,7H,4,6H2,1-3H3,(H3,11,12)(H,13,14). The molecule has 102 valence electrons. The van der Waals surface area contributed by atoms with E-state index in [1.165, 1.54) is 10.5 Å². The Kier molecular flexibility index (Phi) is 4.47. The summed E-state index contributed by atoms with van der Waals surface area (Å²) in [4.78, 5) is 6.59. The first kappa shape index (κ1) is 14.7. The molecule has 7 nitrogen and oxygen atoms in total. The van der Waals surface area contributed by atoms with E-state index in [4.69, 9.17) is 11.1 Å². The average Bonchev–Trinajstić information content (AvgIpc) is 2.72. The third-order valence-corrected chi connectivity index (χ3v) is 4.51. The van der Waals surface area contributed by atoms with Crippen molar-refractivity contribution in [3.05, 3.63) is 12.0 Å². The maximum Gasteiger partial charge on any atom is 0.260 e. The van der Waals surface area contributed by atoms with Crippen molar-refractivity contribution in [2.75, 3.05) is 13.1 Å². The Balaban J connectivity index is 2.97. The molecule has 1 heterocycles. The SMILES string of the molecule is CCN(CC(C)C(=N)N)S(=O)(=O)c1cnc(C)[nH]1. The van der Waals surface area contributed by atoms with Gasteiger partial charge in [-0.2, -0.15) is 4.31 Å². The minimum Gasteiger partial charge on any atom is -0.387 e. The van der Waals surface area contributed by atoms with Gasteiger partial charge in [0.2, 0.25) is 0 Å². The van der Waals surface area contributed by atoms with Crippen molar-refractivity contribution in [1.82, 2.24) is 14.3 Å². The fraction of sp³-hybridized carbons (Fsp3) is 0.600. The lowest BCUT2D eigenvalue weighted by molar-refractivity contribution is 0.402. The molecular weight excluding hydrogens is 254 g/mol. The number of rotatable bonds is 6. The van der Waals surface area contributed by atoms with E-state index in [9.17, 15) is 8.42 Å². The summed E-state index contributed by atoms with van der Waals surface area (Å²) in [6.07, 6.45) is 1.30. The Hall–Kier alpha value is -1.41. The van der Waals surface area contributed by atoms with Crippen LogP contribution in [0.5, 0.6) is 0 Å². The van der Waals surface area contributed by atoms with E-state index in [1.807, 2.05) is 0 Å². The molecule has 0 amide bonds. The summed E-state index contributed by atoms with van der Waals surface area (Å²) in [7, 11) is -3.60. The Morgan fingerprint density at radius 3 is 2.67 bits per heavy atom. The molecule has 8 heteroatoms. The van der Waals surface area contributed by atoms with E-state index in [1.54, 1.807) is 20.8 Å². The van der Waals surface area contributed by atoms with Gasteiger partial charge in [-0.25, -0.2) is 13.4 Å². The molecule has 1 unspecified atom stereocenters. The summed E-state index contributed by atoms with van der Waals surface area (Å²) in [6, 6.07) is 0. The lowest BCUT2D eigenvalue weighted by Gasteiger charge is -2.22. The summed E-state index contributed by atoms with van der Waals surface area (Å²) in [6.45, 7) is 5.66. The molecule has 1 atom stereocenters. The van der Waals surface area contributed by atoms with Gasteiger partial charge in [0, 0.05) is 19.0 Å². The zero-order valence-electron chi connectivity index (χ0n) is 10.8. The maximum absolute atomic E-state index is 12.3. The van der Waals surface area contributed by atoms with Gasteiger partial charge in [0.05, 0.1) is 12.0 Å². The van der Waals surface area contributed by atoms with E-state index in [0.717, 1.165) is 0 Å². The van der Waals surface area contributed by atoms with Crippen LogP contribution in [0.3, 0.4) is 0 Å². The van der Waals surface area contributed by atoms with Crippen LogP contribution in [-0.4, -0.2) is 41.6 Å². The predicted octanol–water partition coefficient (Wildman–Crippen LogP) is 0.301. The van der Waals surface area contributed by atoms with Gasteiger partial charge in [-0.05, 0) is 6.92 Å². The van der Waals surface area contributed by atoms with E-state index in [-0.39, 0.29) is 23.3 Å². The average molecular weight is 273 g/mol. The normalized spacial score (nSPS) is 13.8. The maximum atomic E-state index is 12.3. The number of amidine groups is 1. The highest BCUT2D eigenvalue weighted by molar-refractivity contribution is 7.89. The van der Waals surface area contributed by atoms with E-state index in [2.05, 4.69) is 9.97 Å². The zero-order valence-corrected chi connectivity index (χ0v) is 11.6. The summed E-state index contributed by atoms with van der Waals surface area (Å²) >= 11 is 0. The van der Waals surface area contributed by atoms with Crippen molar-refractivity contribution in [3.8, 4) is 0 Å². The fourth-order valence-corrected chi connectivity index (χ4v) is 2.97. The molecule has 0 radical (unpaired) electrons. The lowest BCUT2D eigenvalue weighted by atomic mass is 10.1. The van der Waals surface area contributed by atoms with E-state index in [0.29, 0.717) is 12.4 Å². The Labute approximate surface area is 107 Å². The molecule has 4 N–H and O–H groups in total. The van der Waals surface area contributed by atoms with Crippen LogP contribution in [0.4, 0.5) is 0 Å². The van der Waals surface area contributed by atoms with Crippen LogP contribution in [0.2, 0.25) is 0 Å². The summed E-state index contributed by atoms with van der Waals surface area (Å²) in [5.41, 5.74) is 5.37. The van der Waals surface area contributed by atoms with Gasteiger partial charge in [0.1, 0.15) is 5.82 Å². The lowest BCUT2D eigenvalue weighted by Crippen LogP contribution is -2.38. The van der Waals surface area contributed by atoms with Crippen LogP contribution in [0, 0.1) is 18.3 Å². The van der Waals surface area contributed by atoms with E-state index >= 15 is 0 Å². The minimum atomic E-state index is -3.60. The molecule has 1 aromatic rings. The van der Waals surface area contributed by atoms with Crippen LogP contribution in [0.1, 0.15) is 19.7 Å². The summed E-state index contributed by atoms with van der Waals surface area (Å²) in [5.74, 6) is 0.206. The number of aromatic amines is 1. The summed E-state index contributed by atoms with van der Waals surface area (Å²) < 4.78 is 25.8. The number of hydrogen-bond donors (Lipinski definition) is 3. The van der Waals surface area contributed by atoms with Crippen LogP contribution >= 0.6 is 0 Å². The smallest absolute Gasteiger partial charge is 0.260 e. The Bertz CT molecular complexity index is 522. The molecular formula is C10H19N5O2S. The van der Waals surface area contributed by atoms with Gasteiger partial charge in [-0.3, -0.25) is 5.41 Å². The quantitative estimate of drug-likeness (QED) is 0.510. The predicted molar refractivity (Wildman–Crippen MR) is 68.8 cm³/mol. The zero-order chi connectivity index (χ0) is 13.9. The molecule has 0 aromatic carbocycles. The summed E-state index contributed by atoms with van der Waals surface area (Å²) in [5, 5.41) is 7.39. The number of nitrogens with one attached hydrogen (secondary N) is 2. The van der Waals surface area contributed by atoms with Gasteiger partial charge >= 0.3 is 0 Å². The second-order valence-corrected chi connectivity index (χ2v) is 6.05. The molecule has 0 saturated heterocycles. The molecule has 0 aliphatic carbocycles. The van der Waals surface area contributed by atoms with Crippen molar-refractivity contribution >= 4 is 15.9 Å². The number of H-pyrrole nitrogens is 1. The number of imidazole rings is 1. The number of aromatic nitrogens is 2. The highest BCUT2D eigenvalue weighted by atomic mass is 32.2. The highest BCUT2D eigenvalue weighted by Crippen LogP contribution is 2.14. The molecule has 0 bridgehead atoms. The van der Waals surface area contributed by atoms with Crippen LogP contribution in [-0.2, 0) is 10.0 Å². The third-order valence-electron chi connectivity index (χ3n) is 2.66. The van der Waals surface area contributed by atoms with Gasteiger partial charge < -0.3 is 10.7 Å². The number of sulfonamides is 1. The van der Waals surface area contributed by atoms with Crippen LogP contribution in [0.15, 0.2) is 11.2 Å². The number of nitrogens with zero attached hydrogens (tertiary/aromatic N) is 2. The topological polar surface area (TPSA) is 116 Å². The third kappa shape index (κ3) is 3.08. The van der Waals surface area contributed by atoms with Gasteiger partial charge in [-0.15, -0.1) is 0 Å². The molecule has 1 aromatic heterocycles. The van der Waals surface area contributed by atoms with Crippen molar-refractivity contribution in [1.29, 1.82) is 5.41 Å². The second-order valence-electron chi connectivity index (χ2n) is 4.14. The minimum absolute atomic E-state index is 0.0237. The molecule has 0 aliphatic heterocycles. The molecule has 0 saturated carbocycles. The Morgan fingerprint density at radius 1 is 1.67 bits per heavy atom. The number of hydrogen-bond acceptors (Lipinski definition) is 4. The number of nitrogens with two attached hydrogens (primary N) is 1. The van der Waals surface area contributed by atoms with Crippen molar-refractivity contribution in [2.45, 2.75) is 25.8 Å². The van der Waals surface area contributed by atoms with Crippen LogP contribution in [0.25, 0.3) is 0 Å². The van der Waals surface area contributed by atoms with E-state index < -0.39 is 10.0 Å². The first-order valence-corrected chi connectivity index (χ1v) is 7.08. The molecule has 0 fully saturated rings. The monoisotopic (exact) mass is 273 g/mol. The highest BCUT2D eigenvalue weighted by Gasteiger charge is 2.26. The molecule has 0 aliphatic rings. The molecule has 18 heavy (non-hydrogen) atoms. The first-order chi connectivity index (χ1) is 8.28. The van der Waals surface area contributed by atoms with Gasteiger partial charge in [0.15, 0.2) is 5.03 Å². The largest absolute Gasteiger partial charge is 0.387 e. The molecule has 0 spiro atoms. The second kappa shape index (κ2) is 5.49. The van der Waals surface area contributed by atoms with Crippen LogP contribution < -0.4 is 5.73 Å². The van der Waals surface area contributed by atoms with Crippen molar-refractivity contribution < 1.29 is 8.42 Å².